The van der Waals surface area contributed by atoms with E-state index in [1.807, 2.05) is 110 Å². The summed E-state index contributed by atoms with van der Waals surface area (Å²) in [6.45, 7) is 3.02. The highest BCUT2D eigenvalue weighted by atomic mass is 32.2. The van der Waals surface area contributed by atoms with E-state index < -0.39 is 23.6 Å². The van der Waals surface area contributed by atoms with Crippen LogP contribution in [0, 0.1) is 0 Å². The molecule has 3 aromatic carbocycles. The predicted molar refractivity (Wildman–Crippen MR) is 169 cm³/mol. The molecule has 6 rings (SSSR count). The zero-order chi connectivity index (χ0) is 29.7. The topological polar surface area (TPSA) is 82.9 Å². The number of benzene rings is 3. The third-order valence-corrected chi connectivity index (χ3v) is 9.55. The van der Waals surface area contributed by atoms with Gasteiger partial charge in [-0.05, 0) is 29.9 Å². The molecule has 0 saturated carbocycles. The smallest absolute Gasteiger partial charge is 0.237 e. The van der Waals surface area contributed by atoms with E-state index in [2.05, 4.69) is 9.97 Å². The molecule has 0 bridgehead atoms. The summed E-state index contributed by atoms with van der Waals surface area (Å²) < 4.78 is 26.2. The van der Waals surface area contributed by atoms with Gasteiger partial charge in [-0.25, -0.2) is 9.97 Å². The van der Waals surface area contributed by atoms with Crippen molar-refractivity contribution < 1.29 is 24.1 Å². The standard InChI is InChI=1S/C34H34N2O5S2/c1-33(40-20-26-16-10-5-11-17-26)30(39-19-25-14-8-4-9-15-25)28(21-38-18-24-12-6-3-7-13-24)41-34(33,37)31-29-27(22-43-31)32(42-2)36-23-35-29/h3-17,22-23,28,30,37H,18-21H2,1-2H3. The zero-order valence-corrected chi connectivity index (χ0v) is 25.7. The summed E-state index contributed by atoms with van der Waals surface area (Å²) >= 11 is 2.92. The Kier molecular flexibility index (Phi) is 9.20. The van der Waals surface area contributed by atoms with E-state index >= 15 is 0 Å². The number of hydrogen-bond acceptors (Lipinski definition) is 9. The third-order valence-electron chi connectivity index (χ3n) is 7.78. The van der Waals surface area contributed by atoms with Crippen LogP contribution in [-0.2, 0) is 44.6 Å². The van der Waals surface area contributed by atoms with Gasteiger partial charge in [0.2, 0.25) is 5.79 Å². The molecule has 9 heteroatoms. The van der Waals surface area contributed by atoms with Crippen LogP contribution in [0.4, 0.5) is 0 Å². The molecule has 1 aliphatic rings. The van der Waals surface area contributed by atoms with Gasteiger partial charge in [0.25, 0.3) is 0 Å². The van der Waals surface area contributed by atoms with E-state index in [1.54, 1.807) is 0 Å². The zero-order valence-electron chi connectivity index (χ0n) is 24.1. The molecule has 1 saturated heterocycles. The summed E-state index contributed by atoms with van der Waals surface area (Å²) in [5.74, 6) is -1.89. The lowest BCUT2D eigenvalue weighted by Crippen LogP contribution is -2.55. The molecule has 2 aromatic heterocycles. The predicted octanol–water partition coefficient (Wildman–Crippen LogP) is 6.73. The minimum Gasteiger partial charge on any atom is -0.374 e. The lowest BCUT2D eigenvalue weighted by molar-refractivity contribution is -0.289. The first kappa shape index (κ1) is 29.9. The monoisotopic (exact) mass is 614 g/mol. The van der Waals surface area contributed by atoms with Crippen LogP contribution in [0.5, 0.6) is 0 Å². The first-order chi connectivity index (χ1) is 21.0. The number of aromatic nitrogens is 2. The highest BCUT2D eigenvalue weighted by Gasteiger charge is 2.67. The van der Waals surface area contributed by atoms with E-state index in [1.165, 1.54) is 29.4 Å². The first-order valence-electron chi connectivity index (χ1n) is 14.1. The lowest BCUT2D eigenvalue weighted by Gasteiger charge is -2.39. The molecular weight excluding hydrogens is 581 g/mol. The van der Waals surface area contributed by atoms with Crippen LogP contribution in [0.25, 0.3) is 10.9 Å². The molecule has 5 aromatic rings. The average Bonchev–Trinajstić information content (AvgIpc) is 3.58. The second-order valence-corrected chi connectivity index (χ2v) is 12.3. The molecule has 1 aliphatic heterocycles. The fraction of sp³-hybridized carbons (Fsp3) is 0.294. The molecular formula is C34H34N2O5S2. The molecule has 3 heterocycles. The minimum absolute atomic E-state index is 0.190. The van der Waals surface area contributed by atoms with Gasteiger partial charge in [-0.15, -0.1) is 23.1 Å². The van der Waals surface area contributed by atoms with Crippen molar-refractivity contribution in [1.82, 2.24) is 9.97 Å². The Morgan fingerprint density at radius 3 is 2.09 bits per heavy atom. The number of thiophene rings is 1. The molecule has 0 spiro atoms. The van der Waals surface area contributed by atoms with Crippen molar-refractivity contribution in [3.8, 4) is 0 Å². The van der Waals surface area contributed by atoms with Gasteiger partial charge in [-0.3, -0.25) is 0 Å². The fourth-order valence-electron chi connectivity index (χ4n) is 5.47. The number of thioether (sulfide) groups is 1. The van der Waals surface area contributed by atoms with Crippen molar-refractivity contribution in [2.24, 2.45) is 0 Å². The normalized spacial score (nSPS) is 23.6. The van der Waals surface area contributed by atoms with Crippen LogP contribution >= 0.6 is 23.1 Å². The summed E-state index contributed by atoms with van der Waals surface area (Å²) in [6.07, 6.45) is 2.17. The molecule has 1 fully saturated rings. The second-order valence-electron chi connectivity index (χ2n) is 10.6. The Bertz CT molecular complexity index is 1620. The first-order valence-corrected chi connectivity index (χ1v) is 16.2. The van der Waals surface area contributed by atoms with Crippen LogP contribution in [0.1, 0.15) is 28.5 Å². The van der Waals surface area contributed by atoms with E-state index in [0.717, 1.165) is 27.1 Å². The van der Waals surface area contributed by atoms with Gasteiger partial charge in [-0.1, -0.05) is 91.0 Å². The van der Waals surface area contributed by atoms with Gasteiger partial charge < -0.3 is 24.1 Å². The third kappa shape index (κ3) is 6.12. The van der Waals surface area contributed by atoms with Crippen molar-refractivity contribution in [3.05, 3.63) is 124 Å². The van der Waals surface area contributed by atoms with E-state index in [9.17, 15) is 5.11 Å². The van der Waals surface area contributed by atoms with Crippen LogP contribution in [0.15, 0.2) is 108 Å². The average molecular weight is 615 g/mol. The highest BCUT2D eigenvalue weighted by molar-refractivity contribution is 7.98. The van der Waals surface area contributed by atoms with Crippen molar-refractivity contribution in [2.45, 2.75) is 55.4 Å². The summed E-state index contributed by atoms with van der Waals surface area (Å²) in [6, 6.07) is 29.8. The van der Waals surface area contributed by atoms with Crippen LogP contribution in [0.3, 0.4) is 0 Å². The van der Waals surface area contributed by atoms with Crippen LogP contribution < -0.4 is 0 Å². The Morgan fingerprint density at radius 1 is 0.860 bits per heavy atom. The maximum Gasteiger partial charge on any atom is 0.237 e. The Hall–Kier alpha value is -3.15. The van der Waals surface area contributed by atoms with E-state index in [4.69, 9.17) is 18.9 Å². The number of ether oxygens (including phenoxy) is 4. The quantitative estimate of drug-likeness (QED) is 0.122. The molecule has 4 atom stereocenters. The van der Waals surface area contributed by atoms with Crippen LogP contribution in [-0.4, -0.2) is 45.7 Å². The summed E-state index contributed by atoms with van der Waals surface area (Å²) in [7, 11) is 0. The van der Waals surface area contributed by atoms with E-state index in [-0.39, 0.29) is 13.2 Å². The summed E-state index contributed by atoms with van der Waals surface area (Å²) in [5.41, 5.74) is 2.33. The highest BCUT2D eigenvalue weighted by Crippen LogP contribution is 2.53. The molecule has 4 unspecified atom stereocenters. The summed E-state index contributed by atoms with van der Waals surface area (Å²) in [4.78, 5) is 9.56. The largest absolute Gasteiger partial charge is 0.374 e. The van der Waals surface area contributed by atoms with Gasteiger partial charge in [0.05, 0.1) is 36.8 Å². The van der Waals surface area contributed by atoms with Crippen LogP contribution in [0.2, 0.25) is 0 Å². The molecule has 0 amide bonds. The second kappa shape index (κ2) is 13.2. The maximum atomic E-state index is 12.7. The molecule has 1 N–H and O–H groups in total. The van der Waals surface area contributed by atoms with Gasteiger partial charge in [0.15, 0.2) is 5.60 Å². The number of aliphatic hydroxyl groups is 1. The number of fused-ring (bicyclic) bond motifs is 1. The Labute approximate surface area is 259 Å². The molecule has 43 heavy (non-hydrogen) atoms. The number of rotatable bonds is 12. The maximum absolute atomic E-state index is 12.7. The molecule has 0 radical (unpaired) electrons. The van der Waals surface area contributed by atoms with Crippen molar-refractivity contribution >= 4 is 34.0 Å². The molecule has 7 nitrogen and oxygen atoms in total. The van der Waals surface area contributed by atoms with Gasteiger partial charge in [-0.2, -0.15) is 0 Å². The van der Waals surface area contributed by atoms with Gasteiger partial charge in [0, 0.05) is 10.8 Å². The molecule has 222 valence electrons. The van der Waals surface area contributed by atoms with Crippen molar-refractivity contribution in [2.75, 3.05) is 12.9 Å². The van der Waals surface area contributed by atoms with Crippen molar-refractivity contribution in [1.29, 1.82) is 0 Å². The van der Waals surface area contributed by atoms with E-state index in [0.29, 0.717) is 23.6 Å². The number of nitrogens with zero attached hydrogens (tertiary/aromatic N) is 2. The van der Waals surface area contributed by atoms with Gasteiger partial charge in [0.1, 0.15) is 23.6 Å². The SMILES string of the molecule is CSc1ncnc2c(C3(O)OC(COCc4ccccc4)C(OCc4ccccc4)C3(C)OCc3ccccc3)scc12. The molecule has 0 aliphatic carbocycles. The van der Waals surface area contributed by atoms with Gasteiger partial charge >= 0.3 is 0 Å². The summed E-state index contributed by atoms with van der Waals surface area (Å²) in [5, 5.41) is 16.4. The Morgan fingerprint density at radius 2 is 1.47 bits per heavy atom. The number of hydrogen-bond donors (Lipinski definition) is 1. The minimum atomic E-state index is -1.89. The Balaban J connectivity index is 1.38. The van der Waals surface area contributed by atoms with Crippen molar-refractivity contribution in [3.63, 3.8) is 0 Å². The fourth-order valence-corrected chi connectivity index (χ4v) is 7.22. The lowest BCUT2D eigenvalue weighted by atomic mass is 9.87.